The molecule has 0 unspecified atom stereocenters. The van der Waals surface area contributed by atoms with Crippen molar-refractivity contribution in [3.8, 4) is 5.75 Å². The Labute approximate surface area is 122 Å². The fourth-order valence-electron chi connectivity index (χ4n) is 2.15. The number of carboxylic acid groups (broad SMARTS) is 3. The minimum absolute atomic E-state index is 0.0360. The van der Waals surface area contributed by atoms with E-state index in [0.29, 0.717) is 0 Å². The highest BCUT2D eigenvalue weighted by Crippen LogP contribution is 2.34. The van der Waals surface area contributed by atoms with E-state index in [0.717, 1.165) is 24.3 Å². The lowest BCUT2D eigenvalue weighted by molar-refractivity contribution is -0.120. The van der Waals surface area contributed by atoms with Gasteiger partial charge < -0.3 is 20.1 Å². The molecule has 2 aromatic rings. The molecule has 2 aromatic carbocycles. The van der Waals surface area contributed by atoms with Crippen LogP contribution in [0.1, 0.15) is 31.1 Å². The molecule has 0 bridgehead atoms. The van der Waals surface area contributed by atoms with E-state index in [9.17, 15) is 34.5 Å². The molecule has 0 aliphatic rings. The minimum atomic E-state index is -1.44. The van der Waals surface area contributed by atoms with Crippen LogP contribution in [0.4, 0.5) is 0 Å². The Kier molecular flexibility index (Phi) is 3.76. The van der Waals surface area contributed by atoms with E-state index < -0.39 is 29.0 Å². The van der Waals surface area contributed by atoms with Gasteiger partial charge >= 0.3 is 17.9 Å². The highest BCUT2D eigenvalue weighted by Gasteiger charge is 2.23. The smallest absolute Gasteiger partial charge is 0.336 e. The summed E-state index contributed by atoms with van der Waals surface area (Å²) in [5.41, 5.74) is -1.19. The monoisotopic (exact) mass is 304 g/mol. The summed E-state index contributed by atoms with van der Waals surface area (Å²) < 4.78 is 4.65. The van der Waals surface area contributed by atoms with Gasteiger partial charge in [0.2, 0.25) is 0 Å². The quantitative estimate of drug-likeness (QED) is 0.706. The number of rotatable bonds is 5. The van der Waals surface area contributed by atoms with Gasteiger partial charge in [0.15, 0.2) is 0 Å². The molecule has 0 atom stereocenters. The van der Waals surface area contributed by atoms with Crippen molar-refractivity contribution in [3.05, 3.63) is 41.0 Å². The van der Waals surface area contributed by atoms with Gasteiger partial charge in [0.25, 0.3) is 6.47 Å². The van der Waals surface area contributed by atoms with E-state index in [1.807, 2.05) is 0 Å². The van der Waals surface area contributed by atoms with Crippen molar-refractivity contribution in [1.82, 2.24) is 0 Å². The lowest BCUT2D eigenvalue weighted by Crippen LogP contribution is -2.08. The number of carboxylic acids is 3. The average molecular weight is 304 g/mol. The fourth-order valence-corrected chi connectivity index (χ4v) is 2.15. The average Bonchev–Trinajstić information content (AvgIpc) is 2.45. The maximum Gasteiger partial charge on any atom is 0.336 e. The van der Waals surface area contributed by atoms with Gasteiger partial charge in [-0.2, -0.15) is 0 Å². The standard InChI is InChI=1S/C14H8O8/c15-5-22-9-4-3-7(13(18)19)10-6(12(16)17)1-2-8(11(9)10)14(20)21/h1-5H,(H,16,17)(H,18,19)(H,20,21). The topological polar surface area (TPSA) is 138 Å². The highest BCUT2D eigenvalue weighted by atomic mass is 16.5. The Morgan fingerprint density at radius 1 is 0.773 bits per heavy atom. The predicted octanol–water partition coefficient (Wildman–Crippen LogP) is 1.47. The highest BCUT2D eigenvalue weighted by molar-refractivity contribution is 6.19. The summed E-state index contributed by atoms with van der Waals surface area (Å²) in [4.78, 5) is 44.4. The molecule has 0 spiro atoms. The summed E-state index contributed by atoms with van der Waals surface area (Å²) in [5.74, 6) is -4.53. The van der Waals surface area contributed by atoms with E-state index in [2.05, 4.69) is 4.74 Å². The zero-order valence-electron chi connectivity index (χ0n) is 10.8. The summed E-state index contributed by atoms with van der Waals surface area (Å²) in [6.07, 6.45) is 0. The largest absolute Gasteiger partial charge is 0.478 e. The van der Waals surface area contributed by atoms with E-state index >= 15 is 0 Å². The van der Waals surface area contributed by atoms with Crippen LogP contribution >= 0.6 is 0 Å². The van der Waals surface area contributed by atoms with Crippen molar-refractivity contribution < 1.29 is 39.2 Å². The molecule has 112 valence electrons. The molecular weight excluding hydrogens is 296 g/mol. The lowest BCUT2D eigenvalue weighted by atomic mass is 9.94. The van der Waals surface area contributed by atoms with Crippen LogP contribution in [-0.2, 0) is 4.79 Å². The third-order valence-corrected chi connectivity index (χ3v) is 2.99. The lowest BCUT2D eigenvalue weighted by Gasteiger charge is -2.12. The van der Waals surface area contributed by atoms with Gasteiger partial charge in [0.05, 0.1) is 16.7 Å². The van der Waals surface area contributed by atoms with Crippen LogP contribution in [-0.4, -0.2) is 39.7 Å². The molecule has 0 saturated heterocycles. The van der Waals surface area contributed by atoms with E-state index in [1.165, 1.54) is 0 Å². The molecule has 2 rings (SSSR count). The SMILES string of the molecule is O=COc1ccc(C(=O)O)c2c(C(=O)O)ccc(C(=O)O)c12. The third-order valence-electron chi connectivity index (χ3n) is 2.99. The maximum absolute atomic E-state index is 11.3. The summed E-state index contributed by atoms with van der Waals surface area (Å²) in [5, 5.41) is 27.0. The number of carbonyl (C=O) groups excluding carboxylic acids is 1. The fraction of sp³-hybridized carbons (Fsp3) is 0. The van der Waals surface area contributed by atoms with Crippen molar-refractivity contribution in [2.75, 3.05) is 0 Å². The van der Waals surface area contributed by atoms with Crippen LogP contribution in [0.25, 0.3) is 10.8 Å². The molecule has 0 radical (unpaired) electrons. The third kappa shape index (κ3) is 2.33. The van der Waals surface area contributed by atoms with Crippen LogP contribution in [0.5, 0.6) is 5.75 Å². The Bertz CT molecular complexity index is 801. The zero-order valence-corrected chi connectivity index (χ0v) is 10.8. The van der Waals surface area contributed by atoms with Crippen LogP contribution < -0.4 is 4.74 Å². The molecule has 22 heavy (non-hydrogen) atoms. The Balaban J connectivity index is 3.09. The summed E-state index contributed by atoms with van der Waals surface area (Å²) in [7, 11) is 0. The minimum Gasteiger partial charge on any atom is -0.478 e. The first kappa shape index (κ1) is 15.0. The van der Waals surface area contributed by atoms with Crippen molar-refractivity contribution >= 4 is 35.2 Å². The van der Waals surface area contributed by atoms with Crippen LogP contribution in [0.2, 0.25) is 0 Å². The van der Waals surface area contributed by atoms with Gasteiger partial charge in [-0.1, -0.05) is 0 Å². The van der Waals surface area contributed by atoms with Crippen molar-refractivity contribution in [1.29, 1.82) is 0 Å². The number of fused-ring (bicyclic) bond motifs is 1. The zero-order chi connectivity index (χ0) is 16.4. The van der Waals surface area contributed by atoms with Crippen LogP contribution in [0, 0.1) is 0 Å². The van der Waals surface area contributed by atoms with Gasteiger partial charge in [0.1, 0.15) is 5.75 Å². The summed E-state index contributed by atoms with van der Waals surface area (Å²) >= 11 is 0. The summed E-state index contributed by atoms with van der Waals surface area (Å²) in [6, 6.07) is 4.14. The number of hydrogen-bond donors (Lipinski definition) is 3. The Hall–Kier alpha value is -3.42. The molecule has 0 aromatic heterocycles. The van der Waals surface area contributed by atoms with Crippen molar-refractivity contribution in [2.45, 2.75) is 0 Å². The van der Waals surface area contributed by atoms with Gasteiger partial charge in [0, 0.05) is 10.8 Å². The number of aromatic carboxylic acids is 3. The number of benzene rings is 2. The maximum atomic E-state index is 11.3. The first-order chi connectivity index (χ1) is 10.4. The van der Waals surface area contributed by atoms with E-state index in [4.69, 9.17) is 0 Å². The van der Waals surface area contributed by atoms with Crippen molar-refractivity contribution in [2.24, 2.45) is 0 Å². The second-order valence-corrected chi connectivity index (χ2v) is 4.15. The van der Waals surface area contributed by atoms with Gasteiger partial charge in [-0.25, -0.2) is 14.4 Å². The summed E-state index contributed by atoms with van der Waals surface area (Å²) in [6.45, 7) is 0.0360. The van der Waals surface area contributed by atoms with E-state index in [1.54, 1.807) is 0 Å². The Morgan fingerprint density at radius 2 is 1.18 bits per heavy atom. The first-order valence-electron chi connectivity index (χ1n) is 5.78. The van der Waals surface area contributed by atoms with Gasteiger partial charge in [-0.15, -0.1) is 0 Å². The van der Waals surface area contributed by atoms with Crippen molar-refractivity contribution in [3.63, 3.8) is 0 Å². The molecule has 0 heterocycles. The van der Waals surface area contributed by atoms with Gasteiger partial charge in [-0.05, 0) is 24.3 Å². The molecule has 0 saturated carbocycles. The molecule has 8 heteroatoms. The molecule has 8 nitrogen and oxygen atoms in total. The van der Waals surface area contributed by atoms with E-state index in [-0.39, 0.29) is 28.6 Å². The Morgan fingerprint density at radius 3 is 1.59 bits per heavy atom. The van der Waals surface area contributed by atoms with Crippen LogP contribution in [0.3, 0.4) is 0 Å². The molecular formula is C14H8O8. The second-order valence-electron chi connectivity index (χ2n) is 4.15. The number of carbonyl (C=O) groups is 4. The molecule has 0 fully saturated rings. The predicted molar refractivity (Wildman–Crippen MR) is 71.5 cm³/mol. The molecule has 0 amide bonds. The number of hydrogen-bond acceptors (Lipinski definition) is 5. The molecule has 3 N–H and O–H groups in total. The van der Waals surface area contributed by atoms with Crippen LogP contribution in [0.15, 0.2) is 24.3 Å². The first-order valence-corrected chi connectivity index (χ1v) is 5.78. The van der Waals surface area contributed by atoms with Gasteiger partial charge in [-0.3, -0.25) is 4.79 Å². The molecule has 0 aliphatic carbocycles. The number of ether oxygens (including phenoxy) is 1. The molecule has 0 aliphatic heterocycles. The second kappa shape index (κ2) is 5.52. The normalized spacial score (nSPS) is 10.2.